The molecule has 1 heterocycles. The second kappa shape index (κ2) is 2.09. The van der Waals surface area contributed by atoms with E-state index in [1.54, 1.807) is 24.0 Å². The van der Waals surface area contributed by atoms with Gasteiger partial charge in [-0.2, -0.15) is 0 Å². The number of halogens is 1. The minimum absolute atomic E-state index is 0.235. The zero-order chi connectivity index (χ0) is 6.85. The molecule has 3 heteroatoms. The normalized spacial score (nSPS) is 11.0. The van der Waals surface area contributed by atoms with Gasteiger partial charge in [0.25, 0.3) is 0 Å². The number of rotatable bonds is 0. The fraction of sp³-hybridized carbons (Fsp3) is 0.200. The van der Waals surface area contributed by atoms with Crippen molar-refractivity contribution in [3.8, 4) is 0 Å². The lowest BCUT2D eigenvalue weighted by molar-refractivity contribution is -0.671. The van der Waals surface area contributed by atoms with Crippen molar-refractivity contribution in [2.75, 3.05) is 0 Å². The molecule has 0 unspecified atom stereocenters. The van der Waals surface area contributed by atoms with Gasteiger partial charge in [-0.3, -0.25) is 0 Å². The van der Waals surface area contributed by atoms with E-state index in [1.165, 1.54) is 0 Å². The third-order valence-corrected chi connectivity index (χ3v) is 0.929. The van der Waals surface area contributed by atoms with Crippen molar-refractivity contribution in [1.82, 2.24) is 4.98 Å². The summed E-state index contributed by atoms with van der Waals surface area (Å²) in [5, 5.41) is 0.236. The van der Waals surface area contributed by atoms with E-state index in [9.17, 15) is 0 Å². The molecule has 0 atom stereocenters. The molecule has 0 saturated carbocycles. The molecular weight excluding hydrogens is 124 g/mol. The van der Waals surface area contributed by atoms with Crippen LogP contribution in [-0.2, 0) is 7.05 Å². The zero-order valence-corrected chi connectivity index (χ0v) is 5.18. The Hall–Kier alpha value is -0.630. The van der Waals surface area contributed by atoms with Gasteiger partial charge in [0.15, 0.2) is 11.3 Å². The molecule has 0 saturated heterocycles. The minimum atomic E-state index is 0.235. The Morgan fingerprint density at radius 2 is 2.75 bits per heavy atom. The van der Waals surface area contributed by atoms with Gasteiger partial charge in [0, 0.05) is 0 Å². The zero-order valence-electron chi connectivity index (χ0n) is 5.43. The monoisotopic (exact) mass is 130 g/mol. The molecule has 0 bridgehead atoms. The Bertz CT molecular complexity index is 206. The first-order valence-electron chi connectivity index (χ1n) is 2.68. The highest BCUT2D eigenvalue weighted by molar-refractivity contribution is 6.29. The molecule has 0 aliphatic rings. The lowest BCUT2D eigenvalue weighted by Crippen LogP contribution is -2.26. The third-order valence-electron chi connectivity index (χ3n) is 0.747. The lowest BCUT2D eigenvalue weighted by atomic mass is 10.7. The van der Waals surface area contributed by atoms with E-state index >= 15 is 0 Å². The van der Waals surface area contributed by atoms with Crippen molar-refractivity contribution in [3.63, 3.8) is 0 Å². The molecule has 42 valence electrons. The molecule has 1 rings (SSSR count). The Kier molecular flexibility index (Phi) is 1.12. The van der Waals surface area contributed by atoms with Crippen molar-refractivity contribution >= 4 is 11.6 Å². The van der Waals surface area contributed by atoms with Crippen LogP contribution in [0.5, 0.6) is 0 Å². The van der Waals surface area contributed by atoms with Crippen molar-refractivity contribution in [3.05, 3.63) is 23.7 Å². The molecule has 0 aliphatic carbocycles. The van der Waals surface area contributed by atoms with Crippen molar-refractivity contribution in [2.45, 2.75) is 0 Å². The first-order chi connectivity index (χ1) is 4.22. The number of nitrogens with zero attached hydrogens (tertiary/aromatic N) is 2. The van der Waals surface area contributed by atoms with Gasteiger partial charge in [0.1, 0.15) is 8.42 Å². The SMILES string of the molecule is [2H]c1c(Cl)ncc[n+]1C. The number of hydrogen-bond acceptors (Lipinski definition) is 1. The molecule has 0 aromatic carbocycles. The summed E-state index contributed by atoms with van der Waals surface area (Å²) in [6.45, 7) is 0. The summed E-state index contributed by atoms with van der Waals surface area (Å²) in [6, 6.07) is 0. The van der Waals surface area contributed by atoms with Gasteiger partial charge < -0.3 is 0 Å². The van der Waals surface area contributed by atoms with Crippen LogP contribution in [0.4, 0.5) is 0 Å². The number of aryl methyl sites for hydroxylation is 1. The van der Waals surface area contributed by atoms with E-state index in [4.69, 9.17) is 13.0 Å². The molecule has 1 aromatic heterocycles. The smallest absolute Gasteiger partial charge is 0.206 e. The van der Waals surface area contributed by atoms with Gasteiger partial charge >= 0.3 is 0 Å². The van der Waals surface area contributed by atoms with E-state index in [-0.39, 0.29) is 11.3 Å². The molecule has 0 N–H and O–H groups in total. The predicted octanol–water partition coefficient (Wildman–Crippen LogP) is 0.559. The summed E-state index contributed by atoms with van der Waals surface area (Å²) < 4.78 is 8.81. The third kappa shape index (κ3) is 1.17. The average molecular weight is 131 g/mol. The predicted molar refractivity (Wildman–Crippen MR) is 30.4 cm³/mol. The van der Waals surface area contributed by atoms with E-state index < -0.39 is 0 Å². The first-order valence-corrected chi connectivity index (χ1v) is 2.56. The molecule has 0 radical (unpaired) electrons. The Morgan fingerprint density at radius 1 is 2.00 bits per heavy atom. The quantitative estimate of drug-likeness (QED) is 0.469. The van der Waals surface area contributed by atoms with Gasteiger partial charge in [-0.25, -0.2) is 9.55 Å². The van der Waals surface area contributed by atoms with Crippen molar-refractivity contribution in [1.29, 1.82) is 0 Å². The highest BCUT2D eigenvalue weighted by atomic mass is 35.5. The second-order valence-electron chi connectivity index (χ2n) is 1.44. The van der Waals surface area contributed by atoms with Crippen LogP contribution >= 0.6 is 11.6 Å². The fourth-order valence-corrected chi connectivity index (χ4v) is 0.600. The van der Waals surface area contributed by atoms with Gasteiger partial charge in [-0.15, -0.1) is 0 Å². The van der Waals surface area contributed by atoms with Crippen molar-refractivity contribution < 1.29 is 5.94 Å². The molecule has 0 fully saturated rings. The second-order valence-corrected chi connectivity index (χ2v) is 1.80. The molecule has 1 aromatic rings. The lowest BCUT2D eigenvalue weighted by Gasteiger charge is -1.82. The van der Waals surface area contributed by atoms with E-state index in [0.717, 1.165) is 0 Å². The molecule has 0 aliphatic heterocycles. The summed E-state index contributed by atoms with van der Waals surface area (Å²) in [5.74, 6) is 0. The minimum Gasteiger partial charge on any atom is -0.233 e. The van der Waals surface area contributed by atoms with Gasteiger partial charge in [0.2, 0.25) is 6.17 Å². The maximum Gasteiger partial charge on any atom is 0.206 e. The van der Waals surface area contributed by atoms with E-state index in [0.29, 0.717) is 0 Å². The summed E-state index contributed by atoms with van der Waals surface area (Å²) in [4.78, 5) is 3.70. The molecule has 0 amide bonds. The van der Waals surface area contributed by atoms with Crippen LogP contribution in [0.2, 0.25) is 5.15 Å². The first kappa shape index (κ1) is 4.27. The molecule has 8 heavy (non-hydrogen) atoms. The van der Waals surface area contributed by atoms with Crippen LogP contribution < -0.4 is 4.57 Å². The topological polar surface area (TPSA) is 16.8 Å². The van der Waals surface area contributed by atoms with E-state index in [2.05, 4.69) is 4.98 Å². The summed E-state index contributed by atoms with van der Waals surface area (Å²) in [7, 11) is 1.75. The summed E-state index contributed by atoms with van der Waals surface area (Å²) >= 11 is 5.49. The molecular formula is C5H6ClN2+. The average Bonchev–Trinajstić information content (AvgIpc) is 1.83. The largest absolute Gasteiger partial charge is 0.233 e. The van der Waals surface area contributed by atoms with Crippen LogP contribution in [0.3, 0.4) is 0 Å². The van der Waals surface area contributed by atoms with E-state index in [1.807, 2.05) is 0 Å². The van der Waals surface area contributed by atoms with Gasteiger partial charge in [-0.05, 0) is 0 Å². The highest BCUT2D eigenvalue weighted by Gasteiger charge is 1.91. The Morgan fingerprint density at radius 3 is 3.25 bits per heavy atom. The molecule has 0 spiro atoms. The summed E-state index contributed by atoms with van der Waals surface area (Å²) in [5.41, 5.74) is 0. The van der Waals surface area contributed by atoms with Gasteiger partial charge in [0.05, 0.1) is 6.20 Å². The van der Waals surface area contributed by atoms with Crippen LogP contribution in [0, 0.1) is 0 Å². The maximum absolute atomic E-state index is 7.21. The fourth-order valence-electron chi connectivity index (χ4n) is 0.410. The van der Waals surface area contributed by atoms with Gasteiger partial charge in [-0.1, -0.05) is 11.6 Å². The number of aromatic nitrogens is 2. The maximum atomic E-state index is 7.21. The standard InChI is InChI=1S/C5H6ClN2/c1-8-3-2-7-5(6)4-8/h2-4H,1H3/q+1/i4D. The van der Waals surface area contributed by atoms with Crippen LogP contribution in [0.15, 0.2) is 18.6 Å². The number of hydrogen-bond donors (Lipinski definition) is 0. The van der Waals surface area contributed by atoms with Crippen molar-refractivity contribution in [2.24, 2.45) is 7.05 Å². The van der Waals surface area contributed by atoms with Crippen LogP contribution in [0.25, 0.3) is 0 Å². The van der Waals surface area contributed by atoms with Crippen LogP contribution in [0.1, 0.15) is 1.37 Å². The van der Waals surface area contributed by atoms with Crippen LogP contribution in [-0.4, -0.2) is 4.98 Å². The summed E-state index contributed by atoms with van der Waals surface area (Å²) in [6.07, 6.45) is 3.47. The highest BCUT2D eigenvalue weighted by Crippen LogP contribution is 1.94. The Balaban J connectivity index is 3.25. The molecule has 2 nitrogen and oxygen atoms in total. The Labute approximate surface area is 54.2 Å².